The second kappa shape index (κ2) is 13.1. The Labute approximate surface area is 174 Å². The molecule has 2 rings (SSSR count). The first-order valence-electron chi connectivity index (χ1n) is 9.37. The van der Waals surface area contributed by atoms with Crippen molar-refractivity contribution in [2.75, 3.05) is 40.0 Å². The van der Waals surface area contributed by atoms with Crippen LogP contribution >= 0.6 is 24.0 Å². The van der Waals surface area contributed by atoms with Crippen LogP contribution in [0.5, 0.6) is 5.88 Å². The molecule has 0 bridgehead atoms. The number of hydrogen-bond donors (Lipinski definition) is 1. The van der Waals surface area contributed by atoms with E-state index in [2.05, 4.69) is 29.0 Å². The number of rotatable bonds is 11. The number of aliphatic imine (C=N–C) groups is 1. The lowest BCUT2D eigenvalue weighted by molar-refractivity contribution is 0.115. The predicted octanol–water partition coefficient (Wildman–Crippen LogP) is 3.31. The van der Waals surface area contributed by atoms with Crippen LogP contribution in [0.2, 0.25) is 0 Å². The van der Waals surface area contributed by atoms with Gasteiger partial charge in [0.15, 0.2) is 5.96 Å². The molecule has 148 valence electrons. The minimum Gasteiger partial charge on any atom is -0.478 e. The van der Waals surface area contributed by atoms with Gasteiger partial charge in [-0.3, -0.25) is 0 Å². The van der Waals surface area contributed by atoms with E-state index in [1.54, 1.807) is 0 Å². The number of hydrogen-bond acceptors (Lipinski definition) is 4. The summed E-state index contributed by atoms with van der Waals surface area (Å²) in [6.45, 7) is 8.77. The van der Waals surface area contributed by atoms with Gasteiger partial charge in [-0.25, -0.2) is 9.98 Å². The first-order chi connectivity index (χ1) is 12.2. The normalized spacial score (nSPS) is 13.9. The van der Waals surface area contributed by atoms with Gasteiger partial charge < -0.3 is 19.7 Å². The molecule has 1 aliphatic rings. The van der Waals surface area contributed by atoms with Crippen molar-refractivity contribution in [2.45, 2.75) is 39.7 Å². The number of aromatic nitrogens is 1. The quantitative estimate of drug-likeness (QED) is 0.230. The van der Waals surface area contributed by atoms with Gasteiger partial charge in [-0.2, -0.15) is 0 Å². The summed E-state index contributed by atoms with van der Waals surface area (Å²) in [6.07, 6.45) is 5.47. The van der Waals surface area contributed by atoms with E-state index in [9.17, 15) is 0 Å². The van der Waals surface area contributed by atoms with Crippen molar-refractivity contribution in [1.82, 2.24) is 15.2 Å². The number of halogens is 1. The average Bonchev–Trinajstić information content (AvgIpc) is 3.45. The zero-order chi connectivity index (χ0) is 17.9. The average molecular weight is 476 g/mol. The molecule has 0 aliphatic heterocycles. The number of guanidine groups is 1. The van der Waals surface area contributed by atoms with Crippen LogP contribution in [0.3, 0.4) is 0 Å². The maximum atomic E-state index is 5.72. The summed E-state index contributed by atoms with van der Waals surface area (Å²) >= 11 is 0. The molecule has 1 aliphatic carbocycles. The molecule has 1 N–H and O–H groups in total. The van der Waals surface area contributed by atoms with E-state index in [4.69, 9.17) is 14.5 Å². The molecule has 6 nitrogen and oxygen atoms in total. The van der Waals surface area contributed by atoms with Crippen LogP contribution < -0.4 is 10.1 Å². The highest BCUT2D eigenvalue weighted by molar-refractivity contribution is 14.0. The van der Waals surface area contributed by atoms with E-state index >= 15 is 0 Å². The van der Waals surface area contributed by atoms with Crippen LogP contribution in [0.4, 0.5) is 0 Å². The molecule has 1 fully saturated rings. The minimum atomic E-state index is 0. The Morgan fingerprint density at radius 2 is 2.12 bits per heavy atom. The van der Waals surface area contributed by atoms with Gasteiger partial charge in [0.05, 0.1) is 19.8 Å². The Morgan fingerprint density at radius 1 is 1.31 bits per heavy atom. The van der Waals surface area contributed by atoms with Crippen LogP contribution in [0.1, 0.15) is 38.7 Å². The maximum absolute atomic E-state index is 5.72. The highest BCUT2D eigenvalue weighted by atomic mass is 127. The van der Waals surface area contributed by atoms with E-state index in [1.165, 1.54) is 12.8 Å². The topological polar surface area (TPSA) is 59.0 Å². The van der Waals surface area contributed by atoms with Gasteiger partial charge in [0.2, 0.25) is 5.88 Å². The monoisotopic (exact) mass is 476 g/mol. The number of nitrogens with zero attached hydrogens (tertiary/aromatic N) is 3. The van der Waals surface area contributed by atoms with Crippen molar-refractivity contribution in [3.05, 3.63) is 23.9 Å². The van der Waals surface area contributed by atoms with Crippen LogP contribution in [-0.2, 0) is 11.3 Å². The molecule has 0 aromatic carbocycles. The second-order valence-corrected chi connectivity index (χ2v) is 6.46. The van der Waals surface area contributed by atoms with Crippen molar-refractivity contribution < 1.29 is 9.47 Å². The minimum absolute atomic E-state index is 0. The molecular weight excluding hydrogens is 443 g/mol. The van der Waals surface area contributed by atoms with Crippen molar-refractivity contribution in [1.29, 1.82) is 0 Å². The molecule has 1 aromatic heterocycles. The molecule has 1 heterocycles. The number of nitrogens with one attached hydrogen (secondary N) is 1. The zero-order valence-corrected chi connectivity index (χ0v) is 18.6. The SMILES string of the molecule is CCCOc1ccc(CN=C(NCC)N(C)CCOCC2CC2)cn1.I. The van der Waals surface area contributed by atoms with Gasteiger partial charge in [-0.1, -0.05) is 13.0 Å². The van der Waals surface area contributed by atoms with E-state index in [0.29, 0.717) is 19.0 Å². The van der Waals surface area contributed by atoms with E-state index in [0.717, 1.165) is 50.2 Å². The third kappa shape index (κ3) is 9.02. The molecule has 7 heteroatoms. The van der Waals surface area contributed by atoms with Crippen molar-refractivity contribution in [2.24, 2.45) is 10.9 Å². The molecular formula is C19H33IN4O2. The summed E-state index contributed by atoms with van der Waals surface area (Å²) in [5.41, 5.74) is 1.07. The molecule has 1 saturated carbocycles. The zero-order valence-electron chi connectivity index (χ0n) is 16.2. The van der Waals surface area contributed by atoms with Gasteiger partial charge in [-0.15, -0.1) is 24.0 Å². The summed E-state index contributed by atoms with van der Waals surface area (Å²) in [6, 6.07) is 3.92. The standard InChI is InChI=1S/C19H32N4O2.HI/c1-4-11-25-18-9-8-17(13-21-18)14-22-19(20-5-2)23(3)10-12-24-15-16-6-7-16;/h8-9,13,16H,4-7,10-12,14-15H2,1-3H3,(H,20,22);1H. The van der Waals surface area contributed by atoms with Gasteiger partial charge in [0, 0.05) is 39.0 Å². The number of ether oxygens (including phenoxy) is 2. The third-order valence-corrected chi connectivity index (χ3v) is 3.98. The lowest BCUT2D eigenvalue weighted by Gasteiger charge is -2.22. The van der Waals surface area contributed by atoms with Crippen molar-refractivity contribution in [3.8, 4) is 5.88 Å². The predicted molar refractivity (Wildman–Crippen MR) is 116 cm³/mol. The molecule has 0 atom stereocenters. The molecule has 1 aromatic rings. The van der Waals surface area contributed by atoms with E-state index in [1.807, 2.05) is 25.4 Å². The summed E-state index contributed by atoms with van der Waals surface area (Å²) in [5, 5.41) is 3.33. The fraction of sp³-hybridized carbons (Fsp3) is 0.684. The van der Waals surface area contributed by atoms with Gasteiger partial charge in [0.1, 0.15) is 0 Å². The lowest BCUT2D eigenvalue weighted by Crippen LogP contribution is -2.40. The Balaban J connectivity index is 0.00000338. The van der Waals surface area contributed by atoms with Crippen LogP contribution in [0.25, 0.3) is 0 Å². The fourth-order valence-electron chi connectivity index (χ4n) is 2.27. The Bertz CT molecular complexity index is 521. The van der Waals surface area contributed by atoms with Gasteiger partial charge in [0.25, 0.3) is 0 Å². The molecule has 26 heavy (non-hydrogen) atoms. The van der Waals surface area contributed by atoms with Crippen LogP contribution in [0, 0.1) is 5.92 Å². The Morgan fingerprint density at radius 3 is 2.73 bits per heavy atom. The number of pyridine rings is 1. The first-order valence-corrected chi connectivity index (χ1v) is 9.37. The molecule has 0 saturated heterocycles. The largest absolute Gasteiger partial charge is 0.478 e. The smallest absolute Gasteiger partial charge is 0.213 e. The van der Waals surface area contributed by atoms with Crippen molar-refractivity contribution in [3.63, 3.8) is 0 Å². The molecule has 0 spiro atoms. The summed E-state index contributed by atoms with van der Waals surface area (Å²) in [7, 11) is 2.04. The molecule has 0 unspecified atom stereocenters. The summed E-state index contributed by atoms with van der Waals surface area (Å²) in [4.78, 5) is 11.1. The fourth-order valence-corrected chi connectivity index (χ4v) is 2.27. The van der Waals surface area contributed by atoms with E-state index < -0.39 is 0 Å². The Kier molecular flexibility index (Phi) is 11.6. The van der Waals surface area contributed by atoms with Crippen LogP contribution in [0.15, 0.2) is 23.3 Å². The first kappa shape index (κ1) is 23.0. The highest BCUT2D eigenvalue weighted by Gasteiger charge is 2.21. The summed E-state index contributed by atoms with van der Waals surface area (Å²) < 4.78 is 11.2. The highest BCUT2D eigenvalue weighted by Crippen LogP contribution is 2.28. The molecule has 0 radical (unpaired) electrons. The molecule has 0 amide bonds. The summed E-state index contributed by atoms with van der Waals surface area (Å²) in [5.74, 6) is 2.37. The lowest BCUT2D eigenvalue weighted by atomic mass is 10.3. The van der Waals surface area contributed by atoms with Crippen LogP contribution in [-0.4, -0.2) is 55.8 Å². The maximum Gasteiger partial charge on any atom is 0.213 e. The second-order valence-electron chi connectivity index (χ2n) is 6.46. The third-order valence-electron chi connectivity index (χ3n) is 3.98. The number of likely N-dealkylation sites (N-methyl/N-ethyl adjacent to an activating group) is 1. The van der Waals surface area contributed by atoms with Gasteiger partial charge >= 0.3 is 0 Å². The Hall–Kier alpha value is -1.09. The van der Waals surface area contributed by atoms with Crippen molar-refractivity contribution >= 4 is 29.9 Å². The van der Waals surface area contributed by atoms with E-state index in [-0.39, 0.29) is 24.0 Å². The van der Waals surface area contributed by atoms with Gasteiger partial charge in [-0.05, 0) is 37.7 Å².